The Labute approximate surface area is 156 Å². The molecule has 0 aromatic carbocycles. The minimum atomic E-state index is -0.888. The van der Waals surface area contributed by atoms with Crippen molar-refractivity contribution in [3.63, 3.8) is 0 Å². The summed E-state index contributed by atoms with van der Waals surface area (Å²) in [4.78, 5) is 34.4. The van der Waals surface area contributed by atoms with Crippen molar-refractivity contribution in [3.8, 4) is 0 Å². The number of hydrogen-bond donors (Lipinski definition) is 1. The maximum atomic E-state index is 11.8. The molecule has 0 aromatic heterocycles. The SMILES string of the molecule is CCCCC(=O)OC(COCCC(C(=O)O)[N+](C)(C)C)COC(=O)CC. The number of rotatable bonds is 14. The predicted octanol–water partition coefficient (Wildman–Crippen LogP) is 1.61. The number of hydrogen-bond acceptors (Lipinski definition) is 6. The maximum absolute atomic E-state index is 11.8. The molecule has 0 rings (SSSR count). The number of carbonyl (C=O) groups is 3. The van der Waals surface area contributed by atoms with Gasteiger partial charge in [0.1, 0.15) is 6.61 Å². The summed E-state index contributed by atoms with van der Waals surface area (Å²) in [6.45, 7) is 3.85. The van der Waals surface area contributed by atoms with Crippen LogP contribution < -0.4 is 0 Å². The van der Waals surface area contributed by atoms with E-state index in [-0.39, 0.29) is 42.7 Å². The average molecular weight is 376 g/mol. The van der Waals surface area contributed by atoms with Crippen molar-refractivity contribution in [2.24, 2.45) is 0 Å². The van der Waals surface area contributed by atoms with Crippen LogP contribution in [0, 0.1) is 0 Å². The lowest BCUT2D eigenvalue weighted by atomic mass is 10.1. The van der Waals surface area contributed by atoms with Gasteiger partial charge in [-0.15, -0.1) is 0 Å². The molecule has 8 nitrogen and oxygen atoms in total. The minimum Gasteiger partial charge on any atom is -0.477 e. The first kappa shape index (κ1) is 24.3. The highest BCUT2D eigenvalue weighted by molar-refractivity contribution is 5.72. The van der Waals surface area contributed by atoms with Crippen LogP contribution in [-0.4, -0.2) is 80.6 Å². The molecule has 0 aliphatic rings. The molecule has 0 saturated carbocycles. The predicted molar refractivity (Wildman–Crippen MR) is 95.5 cm³/mol. The Hall–Kier alpha value is -1.67. The van der Waals surface area contributed by atoms with E-state index >= 15 is 0 Å². The Morgan fingerprint density at radius 3 is 2.19 bits per heavy atom. The van der Waals surface area contributed by atoms with E-state index in [1.54, 1.807) is 28.1 Å². The lowest BCUT2D eigenvalue weighted by Gasteiger charge is -2.31. The Balaban J connectivity index is 4.49. The molecule has 8 heteroatoms. The van der Waals surface area contributed by atoms with E-state index in [9.17, 15) is 19.5 Å². The van der Waals surface area contributed by atoms with Crippen molar-refractivity contribution >= 4 is 17.9 Å². The molecule has 0 aliphatic carbocycles. The van der Waals surface area contributed by atoms with E-state index in [1.807, 2.05) is 6.92 Å². The topological polar surface area (TPSA) is 99.1 Å². The first-order chi connectivity index (χ1) is 12.1. The molecule has 2 unspecified atom stereocenters. The number of unbranched alkanes of at least 4 members (excludes halogenated alkanes) is 1. The Bertz CT molecular complexity index is 445. The van der Waals surface area contributed by atoms with Crippen molar-refractivity contribution in [2.45, 2.75) is 58.1 Å². The van der Waals surface area contributed by atoms with Crippen LogP contribution in [0.3, 0.4) is 0 Å². The molecule has 0 spiro atoms. The molecule has 0 heterocycles. The second-order valence-electron chi connectivity index (χ2n) is 7.09. The molecule has 0 aliphatic heterocycles. The zero-order valence-electron chi connectivity index (χ0n) is 16.7. The van der Waals surface area contributed by atoms with Gasteiger partial charge in [-0.3, -0.25) is 9.59 Å². The average Bonchev–Trinajstić information content (AvgIpc) is 2.55. The third-order valence-corrected chi connectivity index (χ3v) is 3.81. The van der Waals surface area contributed by atoms with Crippen LogP contribution in [0.25, 0.3) is 0 Å². The molecular formula is C18H34NO7+. The van der Waals surface area contributed by atoms with Crippen molar-refractivity contribution in [1.29, 1.82) is 0 Å². The summed E-state index contributed by atoms with van der Waals surface area (Å²) in [5.74, 6) is -1.63. The number of ether oxygens (including phenoxy) is 3. The Morgan fingerprint density at radius 2 is 1.69 bits per heavy atom. The minimum absolute atomic E-state index is 0.0539. The molecule has 0 bridgehead atoms. The van der Waals surface area contributed by atoms with Gasteiger partial charge in [0, 0.05) is 19.3 Å². The lowest BCUT2D eigenvalue weighted by molar-refractivity contribution is -0.887. The first-order valence-corrected chi connectivity index (χ1v) is 9.08. The standard InChI is InChI=1S/C18H33NO7/c1-6-8-9-17(21)26-14(13-25-16(20)7-2)12-24-11-10-15(18(22)23)19(3,4)5/h14-15H,6-13H2,1-5H3/p+1. The van der Waals surface area contributed by atoms with Crippen LogP contribution >= 0.6 is 0 Å². The number of likely N-dealkylation sites (N-methyl/N-ethyl adjacent to an activating group) is 1. The first-order valence-electron chi connectivity index (χ1n) is 9.08. The summed E-state index contributed by atoms with van der Waals surface area (Å²) in [7, 11) is 5.42. The molecule has 152 valence electrons. The summed E-state index contributed by atoms with van der Waals surface area (Å²) in [5, 5.41) is 9.29. The van der Waals surface area contributed by atoms with E-state index in [4.69, 9.17) is 14.2 Å². The number of esters is 2. The molecule has 0 aromatic rings. The maximum Gasteiger partial charge on any atom is 0.362 e. The van der Waals surface area contributed by atoms with Crippen LogP contribution in [0.4, 0.5) is 0 Å². The number of quaternary nitrogens is 1. The van der Waals surface area contributed by atoms with Gasteiger partial charge in [-0.2, -0.15) is 0 Å². The van der Waals surface area contributed by atoms with Gasteiger partial charge in [0.2, 0.25) is 0 Å². The highest BCUT2D eigenvalue weighted by Crippen LogP contribution is 2.09. The second kappa shape index (κ2) is 12.6. The van der Waals surface area contributed by atoms with Gasteiger partial charge >= 0.3 is 17.9 Å². The second-order valence-corrected chi connectivity index (χ2v) is 7.09. The summed E-state index contributed by atoms with van der Waals surface area (Å²) in [6.07, 6.45) is 1.78. The van der Waals surface area contributed by atoms with Crippen molar-refractivity contribution in [3.05, 3.63) is 0 Å². The highest BCUT2D eigenvalue weighted by Gasteiger charge is 2.31. The molecule has 26 heavy (non-hydrogen) atoms. The van der Waals surface area contributed by atoms with Crippen LogP contribution in [0.15, 0.2) is 0 Å². The van der Waals surface area contributed by atoms with Gasteiger partial charge < -0.3 is 23.8 Å². The number of carboxylic acids is 1. The van der Waals surface area contributed by atoms with Gasteiger partial charge in [-0.1, -0.05) is 20.3 Å². The number of carbonyl (C=O) groups excluding carboxylic acids is 2. The molecule has 0 fully saturated rings. The molecule has 1 N–H and O–H groups in total. The highest BCUT2D eigenvalue weighted by atomic mass is 16.6. The van der Waals surface area contributed by atoms with Crippen LogP contribution in [0.2, 0.25) is 0 Å². The fraction of sp³-hybridized carbons (Fsp3) is 0.833. The third kappa shape index (κ3) is 11.0. The van der Waals surface area contributed by atoms with Gasteiger partial charge in [0.25, 0.3) is 0 Å². The third-order valence-electron chi connectivity index (χ3n) is 3.81. The zero-order valence-corrected chi connectivity index (χ0v) is 16.7. The molecule has 0 amide bonds. The van der Waals surface area contributed by atoms with Crippen LogP contribution in [0.5, 0.6) is 0 Å². The summed E-state index contributed by atoms with van der Waals surface area (Å²) in [5.41, 5.74) is 0. The summed E-state index contributed by atoms with van der Waals surface area (Å²) < 4.78 is 16.1. The van der Waals surface area contributed by atoms with Gasteiger partial charge in [-0.05, 0) is 6.42 Å². The van der Waals surface area contributed by atoms with Gasteiger partial charge in [-0.25, -0.2) is 4.79 Å². The van der Waals surface area contributed by atoms with Crippen LogP contribution in [0.1, 0.15) is 46.0 Å². The number of aliphatic carboxylic acids is 1. The monoisotopic (exact) mass is 376 g/mol. The summed E-state index contributed by atoms with van der Waals surface area (Å²) >= 11 is 0. The fourth-order valence-corrected chi connectivity index (χ4v) is 2.22. The number of carboxylic acid groups (broad SMARTS) is 1. The largest absolute Gasteiger partial charge is 0.477 e. The van der Waals surface area contributed by atoms with Gasteiger partial charge in [0.15, 0.2) is 12.1 Å². The van der Waals surface area contributed by atoms with E-state index in [1.165, 1.54) is 0 Å². The quantitative estimate of drug-likeness (QED) is 0.279. The number of nitrogens with zero attached hydrogens (tertiary/aromatic N) is 1. The van der Waals surface area contributed by atoms with E-state index < -0.39 is 18.1 Å². The smallest absolute Gasteiger partial charge is 0.362 e. The van der Waals surface area contributed by atoms with Crippen molar-refractivity contribution < 1.29 is 38.2 Å². The molecule has 2 atom stereocenters. The fourth-order valence-electron chi connectivity index (χ4n) is 2.22. The van der Waals surface area contributed by atoms with Crippen molar-refractivity contribution in [1.82, 2.24) is 0 Å². The molecular weight excluding hydrogens is 342 g/mol. The van der Waals surface area contributed by atoms with E-state index in [0.29, 0.717) is 12.8 Å². The molecule has 0 saturated heterocycles. The van der Waals surface area contributed by atoms with E-state index in [2.05, 4.69) is 0 Å². The lowest BCUT2D eigenvalue weighted by Crippen LogP contribution is -2.50. The Kier molecular flexibility index (Phi) is 11.8. The zero-order chi connectivity index (χ0) is 20.2. The normalized spacial score (nSPS) is 13.7. The van der Waals surface area contributed by atoms with Gasteiger partial charge in [0.05, 0.1) is 34.4 Å². The van der Waals surface area contributed by atoms with Crippen molar-refractivity contribution in [2.75, 3.05) is 41.0 Å². The summed E-state index contributed by atoms with van der Waals surface area (Å²) in [6, 6.07) is -0.599. The van der Waals surface area contributed by atoms with Crippen LogP contribution in [-0.2, 0) is 28.6 Å². The van der Waals surface area contributed by atoms with E-state index in [0.717, 1.165) is 12.8 Å². The Morgan fingerprint density at radius 1 is 1.04 bits per heavy atom. The molecule has 0 radical (unpaired) electrons.